The van der Waals surface area contributed by atoms with Crippen LogP contribution < -0.4 is 16.4 Å². The Hall–Kier alpha value is -0.398. The molecule has 0 saturated carbocycles. The Bertz CT molecular complexity index is 419. The second kappa shape index (κ2) is 6.17. The molecule has 2 rings (SSSR count). The van der Waals surface area contributed by atoms with Crippen LogP contribution in [0.1, 0.15) is 30.6 Å². The second-order valence-corrected chi connectivity index (χ2v) is 3.91. The van der Waals surface area contributed by atoms with Crippen molar-refractivity contribution in [2.75, 3.05) is 5.32 Å². The molecule has 1 aromatic heterocycles. The van der Waals surface area contributed by atoms with Crippen molar-refractivity contribution < 1.29 is 15.3 Å². The van der Waals surface area contributed by atoms with Gasteiger partial charge in [-0.3, -0.25) is 16.0 Å². The predicted octanol–water partition coefficient (Wildman–Crippen LogP) is -2.24. The van der Waals surface area contributed by atoms with Gasteiger partial charge in [0.25, 0.3) is 0 Å². The monoisotopic (exact) mass is 449 g/mol. The fourth-order valence-corrected chi connectivity index (χ4v) is 1.55. The fourth-order valence-electron chi connectivity index (χ4n) is 1.55. The van der Waals surface area contributed by atoms with Crippen LogP contribution in [-0.4, -0.2) is 65.0 Å². The van der Waals surface area contributed by atoms with E-state index in [1.165, 1.54) is 13.1 Å². The molecule has 0 fully saturated rings. The van der Waals surface area contributed by atoms with Crippen molar-refractivity contribution in [2.45, 2.75) is 31.6 Å². The summed E-state index contributed by atoms with van der Waals surface area (Å²) in [5.41, 5.74) is 6.08. The van der Waals surface area contributed by atoms with Crippen LogP contribution in [0.4, 0.5) is 5.82 Å². The van der Waals surface area contributed by atoms with E-state index in [-0.39, 0.29) is 33.0 Å². The fraction of sp³-hybridized carbons (Fsp3) is 0.556. The number of anilines is 1. The molecule has 0 saturated heterocycles. The summed E-state index contributed by atoms with van der Waals surface area (Å²) in [6.07, 6.45) is -2.43. The van der Waals surface area contributed by atoms with Gasteiger partial charge < -0.3 is 20.6 Å². The van der Waals surface area contributed by atoms with Crippen molar-refractivity contribution in [3.63, 3.8) is 0 Å². The number of hydrogen-bond acceptors (Lipinski definition) is 8. The molecule has 98 valence electrons. The number of rotatable bonds is 2. The molecule has 1 aliphatic heterocycles. The number of aliphatic hydroxyl groups excluding tert-OH is 3. The number of aliphatic hydroxyl groups is 3. The van der Waals surface area contributed by atoms with E-state index in [2.05, 4.69) is 20.6 Å². The Balaban J connectivity index is 0.00000162. The SMILES string of the molecule is CC(O)C(O)c1cnc2c(n1)NC(N)NC2O.[Pb]. The molecule has 4 atom stereocenters. The van der Waals surface area contributed by atoms with Gasteiger partial charge in [-0.25, -0.2) is 4.98 Å². The van der Waals surface area contributed by atoms with E-state index in [9.17, 15) is 15.3 Å². The van der Waals surface area contributed by atoms with Gasteiger partial charge in [-0.05, 0) is 6.92 Å². The minimum atomic E-state index is -1.13. The average Bonchev–Trinajstić information content (AvgIpc) is 2.26. The van der Waals surface area contributed by atoms with Gasteiger partial charge in [0, 0.05) is 27.3 Å². The van der Waals surface area contributed by atoms with Crippen molar-refractivity contribution in [1.82, 2.24) is 15.3 Å². The van der Waals surface area contributed by atoms with Crippen LogP contribution in [0.15, 0.2) is 6.20 Å². The molecule has 18 heavy (non-hydrogen) atoms. The minimum Gasteiger partial charge on any atom is -0.390 e. The minimum absolute atomic E-state index is 0. The predicted molar refractivity (Wildman–Crippen MR) is 64.1 cm³/mol. The zero-order valence-corrected chi connectivity index (χ0v) is 13.6. The molecule has 4 unspecified atom stereocenters. The molecule has 0 aliphatic carbocycles. The van der Waals surface area contributed by atoms with Gasteiger partial charge in [-0.15, -0.1) is 0 Å². The van der Waals surface area contributed by atoms with Gasteiger partial charge in [0.2, 0.25) is 0 Å². The quantitative estimate of drug-likeness (QED) is 0.280. The molecular formula is C9H15N5O3Pb. The first kappa shape index (κ1) is 15.7. The first-order valence-corrected chi connectivity index (χ1v) is 5.18. The molecule has 7 N–H and O–H groups in total. The van der Waals surface area contributed by atoms with Crippen LogP contribution in [-0.2, 0) is 0 Å². The number of hydrogen-bond donors (Lipinski definition) is 6. The Morgan fingerprint density at radius 3 is 2.72 bits per heavy atom. The van der Waals surface area contributed by atoms with E-state index in [1.54, 1.807) is 0 Å². The third-order valence-electron chi connectivity index (χ3n) is 2.47. The van der Waals surface area contributed by atoms with E-state index in [1.807, 2.05) is 0 Å². The number of nitrogens with two attached hydrogens (primary N) is 1. The zero-order chi connectivity index (χ0) is 12.6. The normalized spacial score (nSPS) is 25.4. The Morgan fingerprint density at radius 1 is 1.44 bits per heavy atom. The van der Waals surface area contributed by atoms with Gasteiger partial charge in [-0.2, -0.15) is 0 Å². The molecule has 1 aliphatic rings. The third kappa shape index (κ3) is 3.13. The summed E-state index contributed by atoms with van der Waals surface area (Å²) in [6.45, 7) is 1.45. The summed E-state index contributed by atoms with van der Waals surface area (Å²) in [5.74, 6) is 0.293. The Labute approximate surface area is 124 Å². The van der Waals surface area contributed by atoms with Crippen molar-refractivity contribution in [1.29, 1.82) is 0 Å². The van der Waals surface area contributed by atoms with Crippen molar-refractivity contribution in [2.24, 2.45) is 5.73 Å². The Morgan fingerprint density at radius 2 is 2.11 bits per heavy atom. The van der Waals surface area contributed by atoms with Crippen LogP contribution in [0.25, 0.3) is 0 Å². The van der Waals surface area contributed by atoms with E-state index in [0.717, 1.165) is 0 Å². The van der Waals surface area contributed by atoms with Crippen LogP contribution in [0.3, 0.4) is 0 Å². The molecule has 0 spiro atoms. The van der Waals surface area contributed by atoms with Crippen LogP contribution in [0.2, 0.25) is 0 Å². The summed E-state index contributed by atoms with van der Waals surface area (Å²) >= 11 is 0. The number of fused-ring (bicyclic) bond motifs is 1. The van der Waals surface area contributed by atoms with Crippen molar-refractivity contribution >= 4 is 33.1 Å². The van der Waals surface area contributed by atoms with Gasteiger partial charge in [0.15, 0.2) is 12.0 Å². The maximum atomic E-state index is 9.64. The number of nitrogens with one attached hydrogen (secondary N) is 2. The maximum absolute atomic E-state index is 9.64. The molecule has 8 nitrogen and oxygen atoms in total. The molecule has 0 aromatic carbocycles. The summed E-state index contributed by atoms with van der Waals surface area (Å²) in [7, 11) is 0. The first-order chi connectivity index (χ1) is 7.99. The Kier molecular flexibility index (Phi) is 5.36. The summed E-state index contributed by atoms with van der Waals surface area (Å²) in [5, 5.41) is 33.9. The first-order valence-electron chi connectivity index (χ1n) is 5.18. The van der Waals surface area contributed by atoms with Gasteiger partial charge >= 0.3 is 0 Å². The maximum Gasteiger partial charge on any atom is 0.154 e. The van der Waals surface area contributed by atoms with E-state index >= 15 is 0 Å². The smallest absolute Gasteiger partial charge is 0.154 e. The van der Waals surface area contributed by atoms with Gasteiger partial charge in [0.05, 0.1) is 18.0 Å². The second-order valence-electron chi connectivity index (χ2n) is 3.91. The topological polar surface area (TPSA) is 137 Å². The van der Waals surface area contributed by atoms with Crippen LogP contribution in [0, 0.1) is 0 Å². The standard InChI is InChI=1S/C9H15N5O3.Pb/c1-3(15)6(16)4-2-11-5-7(12-4)13-9(10)14-8(5)17;/h2-3,6,8-9,14-17H,10H2,1H3,(H,12,13);. The molecule has 1 aromatic rings. The average molecular weight is 448 g/mol. The molecule has 9 heteroatoms. The molecule has 4 radical (unpaired) electrons. The number of nitrogens with zero attached hydrogens (tertiary/aromatic N) is 2. The third-order valence-corrected chi connectivity index (χ3v) is 2.47. The largest absolute Gasteiger partial charge is 0.390 e. The van der Waals surface area contributed by atoms with E-state index in [0.29, 0.717) is 11.5 Å². The van der Waals surface area contributed by atoms with Crippen molar-refractivity contribution in [3.8, 4) is 0 Å². The summed E-state index contributed by atoms with van der Waals surface area (Å²) in [4.78, 5) is 8.05. The van der Waals surface area contributed by atoms with Gasteiger partial charge in [0.1, 0.15) is 18.1 Å². The van der Waals surface area contributed by atoms with Crippen molar-refractivity contribution in [3.05, 3.63) is 17.6 Å². The summed E-state index contributed by atoms with van der Waals surface area (Å²) < 4.78 is 0. The molecule has 0 amide bonds. The van der Waals surface area contributed by atoms with Crippen LogP contribution >= 0.6 is 0 Å². The van der Waals surface area contributed by atoms with E-state index in [4.69, 9.17) is 5.73 Å². The number of aromatic nitrogens is 2. The molecular weight excluding hydrogens is 433 g/mol. The van der Waals surface area contributed by atoms with Gasteiger partial charge in [-0.1, -0.05) is 0 Å². The molecule has 0 bridgehead atoms. The summed E-state index contributed by atoms with van der Waals surface area (Å²) in [6, 6.07) is 0. The molecule has 2 heterocycles. The zero-order valence-electron chi connectivity index (χ0n) is 9.70. The van der Waals surface area contributed by atoms with E-state index < -0.39 is 24.7 Å². The van der Waals surface area contributed by atoms with Crippen LogP contribution in [0.5, 0.6) is 0 Å².